The van der Waals surface area contributed by atoms with Gasteiger partial charge >= 0.3 is 0 Å². The average molecular weight is 259 g/mol. The summed E-state index contributed by atoms with van der Waals surface area (Å²) in [6.07, 6.45) is 1.18. The van der Waals surface area contributed by atoms with Crippen LogP contribution in [0.4, 0.5) is 5.69 Å². The molecule has 3 heteroatoms. The Kier molecular flexibility index (Phi) is 3.76. The number of anilines is 1. The summed E-state index contributed by atoms with van der Waals surface area (Å²) in [6.45, 7) is 11.6. The van der Waals surface area contributed by atoms with Gasteiger partial charge in [-0.1, -0.05) is 25.1 Å². The van der Waals surface area contributed by atoms with Crippen LogP contribution in [0.1, 0.15) is 25.0 Å². The topological polar surface area (TPSA) is 18.5 Å². The summed E-state index contributed by atoms with van der Waals surface area (Å²) in [5.74, 6) is 0. The highest BCUT2D eigenvalue weighted by atomic mass is 15.3. The third kappa shape index (κ3) is 2.63. The van der Waals surface area contributed by atoms with Gasteiger partial charge in [0.15, 0.2) is 0 Å². The Morgan fingerprint density at radius 1 is 1.32 bits per heavy atom. The van der Waals surface area contributed by atoms with E-state index < -0.39 is 0 Å². The fourth-order valence-electron chi connectivity index (χ4n) is 3.47. The van der Waals surface area contributed by atoms with Crippen molar-refractivity contribution >= 4 is 5.69 Å². The second-order valence-corrected chi connectivity index (χ2v) is 5.84. The van der Waals surface area contributed by atoms with E-state index in [-0.39, 0.29) is 0 Å². The van der Waals surface area contributed by atoms with Crippen LogP contribution in [0.2, 0.25) is 0 Å². The molecule has 0 amide bonds. The Morgan fingerprint density at radius 3 is 3.00 bits per heavy atom. The van der Waals surface area contributed by atoms with Gasteiger partial charge in [-0.05, 0) is 31.0 Å². The number of likely N-dealkylation sites (N-methyl/N-ethyl adjacent to an activating group) is 1. The predicted molar refractivity (Wildman–Crippen MR) is 80.6 cm³/mol. The second-order valence-electron chi connectivity index (χ2n) is 5.84. The molecule has 1 N–H and O–H groups in total. The molecule has 0 bridgehead atoms. The lowest BCUT2D eigenvalue weighted by Gasteiger charge is -2.39. The summed E-state index contributed by atoms with van der Waals surface area (Å²) in [6, 6.07) is 7.45. The van der Waals surface area contributed by atoms with Crippen LogP contribution in [-0.4, -0.2) is 48.6 Å². The van der Waals surface area contributed by atoms with Crippen molar-refractivity contribution in [1.82, 2.24) is 9.80 Å². The monoisotopic (exact) mass is 259 g/mol. The zero-order valence-electron chi connectivity index (χ0n) is 12.2. The molecular weight excluding hydrogens is 234 g/mol. The molecule has 0 aromatic heterocycles. The van der Waals surface area contributed by atoms with E-state index in [1.165, 1.54) is 49.4 Å². The van der Waals surface area contributed by atoms with Crippen LogP contribution in [0.3, 0.4) is 0 Å². The van der Waals surface area contributed by atoms with Crippen molar-refractivity contribution in [2.75, 3.05) is 38.0 Å². The van der Waals surface area contributed by atoms with E-state index in [4.69, 9.17) is 0 Å². The van der Waals surface area contributed by atoms with Gasteiger partial charge in [-0.15, -0.1) is 0 Å². The minimum Gasteiger partial charge on any atom is -0.384 e. The molecule has 1 aromatic rings. The van der Waals surface area contributed by atoms with E-state index in [0.29, 0.717) is 6.04 Å². The van der Waals surface area contributed by atoms with Gasteiger partial charge in [0, 0.05) is 44.5 Å². The van der Waals surface area contributed by atoms with E-state index in [9.17, 15) is 0 Å². The molecule has 2 heterocycles. The maximum absolute atomic E-state index is 3.55. The molecule has 104 valence electrons. The minimum atomic E-state index is 0.684. The molecule has 3 nitrogen and oxygen atoms in total. The molecule has 1 aromatic carbocycles. The van der Waals surface area contributed by atoms with Crippen molar-refractivity contribution in [3.8, 4) is 0 Å². The fourth-order valence-corrected chi connectivity index (χ4v) is 3.47. The zero-order valence-corrected chi connectivity index (χ0v) is 12.2. The van der Waals surface area contributed by atoms with Gasteiger partial charge in [-0.2, -0.15) is 0 Å². The highest BCUT2D eigenvalue weighted by Gasteiger charge is 2.23. The van der Waals surface area contributed by atoms with E-state index >= 15 is 0 Å². The second kappa shape index (κ2) is 5.51. The summed E-state index contributed by atoms with van der Waals surface area (Å²) in [5.41, 5.74) is 4.39. The predicted octanol–water partition coefficient (Wildman–Crippen LogP) is 2.18. The molecule has 0 spiro atoms. The Labute approximate surface area is 116 Å². The van der Waals surface area contributed by atoms with E-state index in [1.54, 1.807) is 0 Å². The van der Waals surface area contributed by atoms with Crippen LogP contribution in [-0.2, 0) is 13.0 Å². The summed E-state index contributed by atoms with van der Waals surface area (Å²) in [4.78, 5) is 5.18. The molecule has 0 aliphatic carbocycles. The summed E-state index contributed by atoms with van der Waals surface area (Å²) in [7, 11) is 0. The molecule has 19 heavy (non-hydrogen) atoms. The first-order valence-corrected chi connectivity index (χ1v) is 7.59. The summed E-state index contributed by atoms with van der Waals surface area (Å²) >= 11 is 0. The van der Waals surface area contributed by atoms with Gasteiger partial charge in [0.05, 0.1) is 0 Å². The van der Waals surface area contributed by atoms with Crippen molar-refractivity contribution in [1.29, 1.82) is 0 Å². The smallest absolute Gasteiger partial charge is 0.0419 e. The lowest BCUT2D eigenvalue weighted by Crippen LogP contribution is -2.51. The third-order valence-corrected chi connectivity index (χ3v) is 4.58. The molecule has 0 saturated carbocycles. The van der Waals surface area contributed by atoms with Crippen LogP contribution >= 0.6 is 0 Å². The zero-order chi connectivity index (χ0) is 13.2. The van der Waals surface area contributed by atoms with Crippen molar-refractivity contribution in [2.45, 2.75) is 32.9 Å². The van der Waals surface area contributed by atoms with Gasteiger partial charge < -0.3 is 5.32 Å². The lowest BCUT2D eigenvalue weighted by molar-refractivity contribution is 0.0836. The molecule has 2 aliphatic rings. The van der Waals surface area contributed by atoms with Gasteiger partial charge in [0.25, 0.3) is 0 Å². The SMILES string of the molecule is CCN1CCN(Cc2cccc3c2NCC3)CC1C. The Balaban J connectivity index is 1.68. The summed E-state index contributed by atoms with van der Waals surface area (Å²) in [5, 5.41) is 3.55. The first-order chi connectivity index (χ1) is 9.28. The molecule has 2 aliphatic heterocycles. The van der Waals surface area contributed by atoms with Gasteiger partial charge in [-0.3, -0.25) is 9.80 Å². The Hall–Kier alpha value is -1.06. The largest absolute Gasteiger partial charge is 0.384 e. The molecule has 1 saturated heterocycles. The van der Waals surface area contributed by atoms with E-state index in [0.717, 1.165) is 13.1 Å². The van der Waals surface area contributed by atoms with Crippen molar-refractivity contribution < 1.29 is 0 Å². The maximum Gasteiger partial charge on any atom is 0.0419 e. The van der Waals surface area contributed by atoms with Crippen molar-refractivity contribution in [2.24, 2.45) is 0 Å². The standard InChI is InChI=1S/C16H25N3/c1-3-19-10-9-18(11-13(19)2)12-15-6-4-5-14-7-8-17-16(14)15/h4-6,13,17H,3,7-12H2,1-2H3. The number of hydrogen-bond donors (Lipinski definition) is 1. The van der Waals surface area contributed by atoms with Gasteiger partial charge in [0.2, 0.25) is 0 Å². The number of piperazine rings is 1. The van der Waals surface area contributed by atoms with Crippen LogP contribution in [0.5, 0.6) is 0 Å². The maximum atomic E-state index is 3.55. The Bertz CT molecular complexity index is 444. The third-order valence-electron chi connectivity index (χ3n) is 4.58. The summed E-state index contributed by atoms with van der Waals surface area (Å²) < 4.78 is 0. The molecule has 3 rings (SSSR count). The van der Waals surface area contributed by atoms with E-state index in [2.05, 4.69) is 47.2 Å². The number of benzene rings is 1. The highest BCUT2D eigenvalue weighted by molar-refractivity contribution is 5.61. The number of nitrogens with one attached hydrogen (secondary N) is 1. The Morgan fingerprint density at radius 2 is 2.21 bits per heavy atom. The average Bonchev–Trinajstić information content (AvgIpc) is 2.88. The number of para-hydroxylation sites is 1. The number of rotatable bonds is 3. The van der Waals surface area contributed by atoms with E-state index in [1.807, 2.05) is 0 Å². The molecule has 1 unspecified atom stereocenters. The molecule has 1 atom stereocenters. The molecule has 0 radical (unpaired) electrons. The quantitative estimate of drug-likeness (QED) is 0.897. The van der Waals surface area contributed by atoms with Crippen LogP contribution in [0.15, 0.2) is 18.2 Å². The van der Waals surface area contributed by atoms with Gasteiger partial charge in [0.1, 0.15) is 0 Å². The lowest BCUT2D eigenvalue weighted by atomic mass is 10.1. The van der Waals surface area contributed by atoms with Gasteiger partial charge in [-0.25, -0.2) is 0 Å². The first kappa shape index (κ1) is 12.9. The number of nitrogens with zero attached hydrogens (tertiary/aromatic N) is 2. The van der Waals surface area contributed by atoms with Crippen LogP contribution < -0.4 is 5.32 Å². The first-order valence-electron chi connectivity index (χ1n) is 7.59. The fraction of sp³-hybridized carbons (Fsp3) is 0.625. The minimum absolute atomic E-state index is 0.684. The normalized spacial score (nSPS) is 24.2. The van der Waals surface area contributed by atoms with Crippen LogP contribution in [0, 0.1) is 0 Å². The molecular formula is C16H25N3. The van der Waals surface area contributed by atoms with Crippen LogP contribution in [0.25, 0.3) is 0 Å². The van der Waals surface area contributed by atoms with Crippen molar-refractivity contribution in [3.63, 3.8) is 0 Å². The molecule has 1 fully saturated rings. The highest BCUT2D eigenvalue weighted by Crippen LogP contribution is 2.27. The van der Waals surface area contributed by atoms with Crippen molar-refractivity contribution in [3.05, 3.63) is 29.3 Å². The number of hydrogen-bond acceptors (Lipinski definition) is 3. The number of fused-ring (bicyclic) bond motifs is 1.